The quantitative estimate of drug-likeness (QED) is 0.192. The van der Waals surface area contributed by atoms with Crippen LogP contribution in [0.5, 0.6) is 0 Å². The highest BCUT2D eigenvalue weighted by atomic mass is 16.3. The highest BCUT2D eigenvalue weighted by molar-refractivity contribution is 6.15. The summed E-state index contributed by atoms with van der Waals surface area (Å²) in [7, 11) is 0. The Bertz CT molecular complexity index is 3390. The number of para-hydroxylation sites is 3. The Morgan fingerprint density at radius 3 is 1.81 bits per heavy atom. The number of furan rings is 2. The topological polar surface area (TPSA) is 68.0 Å². The number of rotatable bonds is 5. The Kier molecular flexibility index (Phi) is 6.89. The third-order valence-corrected chi connectivity index (χ3v) is 11.3. The van der Waals surface area contributed by atoms with Crippen LogP contribution in [0.25, 0.3) is 82.5 Å². The molecule has 0 fully saturated rings. The van der Waals surface area contributed by atoms with E-state index in [4.69, 9.17) is 18.8 Å². The fourth-order valence-corrected chi connectivity index (χ4v) is 8.65. The van der Waals surface area contributed by atoms with Gasteiger partial charge in [-0.15, -0.1) is 0 Å². The van der Waals surface area contributed by atoms with Crippen molar-refractivity contribution in [3.05, 3.63) is 199 Å². The van der Waals surface area contributed by atoms with Gasteiger partial charge >= 0.3 is 0 Å². The molecule has 268 valence electrons. The van der Waals surface area contributed by atoms with Gasteiger partial charge in [0, 0.05) is 49.0 Å². The molecule has 0 aliphatic carbocycles. The van der Waals surface area contributed by atoms with Crippen LogP contribution in [0.3, 0.4) is 0 Å². The number of aromatic nitrogens is 1. The van der Waals surface area contributed by atoms with Gasteiger partial charge in [-0.2, -0.15) is 0 Å². The van der Waals surface area contributed by atoms with Crippen LogP contribution in [0.1, 0.15) is 22.9 Å². The van der Waals surface area contributed by atoms with Crippen LogP contribution < -0.4 is 5.32 Å². The summed E-state index contributed by atoms with van der Waals surface area (Å²) in [4.78, 5) is 10.2. The minimum Gasteiger partial charge on any atom is -0.456 e. The molecule has 6 nitrogen and oxygen atoms in total. The van der Waals surface area contributed by atoms with E-state index in [1.165, 1.54) is 10.8 Å². The summed E-state index contributed by atoms with van der Waals surface area (Å²) in [6.07, 6.45) is -0.390. The summed E-state index contributed by atoms with van der Waals surface area (Å²) < 4.78 is 15.5. The van der Waals surface area contributed by atoms with Gasteiger partial charge in [-0.1, -0.05) is 133 Å². The van der Waals surface area contributed by atoms with Gasteiger partial charge in [-0.3, -0.25) is 0 Å². The molecule has 0 saturated carbocycles. The van der Waals surface area contributed by atoms with E-state index in [1.54, 1.807) is 0 Å². The first-order chi connectivity index (χ1) is 28.2. The maximum absolute atomic E-state index is 6.71. The number of nitrogens with zero attached hydrogens (tertiary/aromatic N) is 3. The number of hydrogen-bond acceptors (Lipinski definition) is 5. The van der Waals surface area contributed by atoms with Gasteiger partial charge in [0.1, 0.15) is 28.8 Å². The Hall–Kier alpha value is -7.70. The van der Waals surface area contributed by atoms with Gasteiger partial charge < -0.3 is 18.7 Å². The second-order valence-electron chi connectivity index (χ2n) is 14.6. The monoisotopic (exact) mass is 732 g/mol. The maximum Gasteiger partial charge on any atom is 0.159 e. The number of benzene rings is 8. The van der Waals surface area contributed by atoms with Crippen molar-refractivity contribution in [1.82, 2.24) is 9.88 Å². The molecule has 1 aliphatic heterocycles. The van der Waals surface area contributed by atoms with Crippen molar-refractivity contribution < 1.29 is 8.83 Å². The first-order valence-corrected chi connectivity index (χ1v) is 19.2. The van der Waals surface area contributed by atoms with Gasteiger partial charge in [0.15, 0.2) is 11.4 Å². The molecule has 0 bridgehead atoms. The molecule has 12 rings (SSSR count). The lowest BCUT2D eigenvalue weighted by atomic mass is 9.98. The first kappa shape index (κ1) is 31.6. The molecule has 6 heteroatoms. The summed E-state index contributed by atoms with van der Waals surface area (Å²) in [6, 6.07) is 63.2. The summed E-state index contributed by atoms with van der Waals surface area (Å²) in [5.74, 6) is 1.47. The number of fused-ring (bicyclic) bond motifs is 9. The van der Waals surface area contributed by atoms with E-state index in [1.807, 2.05) is 48.5 Å². The van der Waals surface area contributed by atoms with Gasteiger partial charge in [-0.25, -0.2) is 9.98 Å². The minimum atomic E-state index is -0.390. The number of hydrogen-bond donors (Lipinski definition) is 1. The summed E-state index contributed by atoms with van der Waals surface area (Å²) in [6.45, 7) is 0. The lowest BCUT2D eigenvalue weighted by Crippen LogP contribution is -2.33. The highest BCUT2D eigenvalue weighted by Crippen LogP contribution is 2.41. The van der Waals surface area contributed by atoms with Crippen molar-refractivity contribution >= 4 is 77.4 Å². The molecule has 0 radical (unpaired) electrons. The van der Waals surface area contributed by atoms with Crippen molar-refractivity contribution in [2.24, 2.45) is 9.98 Å². The lowest BCUT2D eigenvalue weighted by Gasteiger charge is -2.24. The molecule has 8 aromatic carbocycles. The van der Waals surface area contributed by atoms with Crippen molar-refractivity contribution in [3.63, 3.8) is 0 Å². The van der Waals surface area contributed by atoms with E-state index < -0.39 is 6.17 Å². The van der Waals surface area contributed by atoms with Gasteiger partial charge in [0.05, 0.1) is 16.7 Å². The molecule has 0 amide bonds. The third kappa shape index (κ3) is 4.97. The van der Waals surface area contributed by atoms with E-state index in [9.17, 15) is 0 Å². The average molecular weight is 733 g/mol. The summed E-state index contributed by atoms with van der Waals surface area (Å²) >= 11 is 0. The molecular formula is C51H32N4O2. The standard InChI is InChI=1S/C51H32N4O2/c1-3-13-31(14-4-1)49-52-50(32-15-5-2-6-16-32)54-51(53-49)38-20-12-24-46-47(38)40-30-34(26-28-45(40)56-46)33-25-27-44-39(29-33)37-19-11-23-43(48(37)57-44)55-41-21-9-7-17-35(41)36-18-8-10-22-42(36)55/h1-30,51H,(H,52,53,54). The largest absolute Gasteiger partial charge is 0.456 e. The van der Waals surface area contributed by atoms with E-state index in [0.717, 1.165) is 94.3 Å². The van der Waals surface area contributed by atoms with Crippen LogP contribution in [0.2, 0.25) is 0 Å². The lowest BCUT2D eigenvalue weighted by molar-refractivity contribution is 0.662. The molecule has 4 heterocycles. The van der Waals surface area contributed by atoms with Gasteiger partial charge in [0.2, 0.25) is 0 Å². The highest BCUT2D eigenvalue weighted by Gasteiger charge is 2.25. The third-order valence-electron chi connectivity index (χ3n) is 11.3. The summed E-state index contributed by atoms with van der Waals surface area (Å²) in [5.41, 5.74) is 11.9. The zero-order chi connectivity index (χ0) is 37.5. The molecule has 11 aromatic rings. The molecule has 0 saturated heterocycles. The fourth-order valence-electron chi connectivity index (χ4n) is 8.65. The van der Waals surface area contributed by atoms with Crippen LogP contribution in [0, 0.1) is 0 Å². The summed E-state index contributed by atoms with van der Waals surface area (Å²) in [5, 5.41) is 10.3. The predicted octanol–water partition coefficient (Wildman–Crippen LogP) is 12.7. The van der Waals surface area contributed by atoms with Crippen LogP contribution in [0.4, 0.5) is 0 Å². The smallest absolute Gasteiger partial charge is 0.159 e. The Morgan fingerprint density at radius 1 is 0.456 bits per heavy atom. The minimum absolute atomic E-state index is 0.390. The predicted molar refractivity (Wildman–Crippen MR) is 233 cm³/mol. The van der Waals surface area contributed by atoms with E-state index >= 15 is 0 Å². The van der Waals surface area contributed by atoms with Crippen molar-refractivity contribution in [2.75, 3.05) is 0 Å². The number of amidine groups is 2. The maximum atomic E-state index is 6.71. The molecule has 1 N–H and O–H groups in total. The Morgan fingerprint density at radius 2 is 1.07 bits per heavy atom. The van der Waals surface area contributed by atoms with Crippen LogP contribution >= 0.6 is 0 Å². The zero-order valence-electron chi connectivity index (χ0n) is 30.6. The van der Waals surface area contributed by atoms with Crippen LogP contribution in [0.15, 0.2) is 201 Å². The van der Waals surface area contributed by atoms with E-state index in [2.05, 4.69) is 143 Å². The molecule has 57 heavy (non-hydrogen) atoms. The molecular weight excluding hydrogens is 701 g/mol. The molecule has 1 atom stereocenters. The molecule has 0 spiro atoms. The van der Waals surface area contributed by atoms with Crippen LogP contribution in [-0.4, -0.2) is 16.2 Å². The van der Waals surface area contributed by atoms with E-state index in [0.29, 0.717) is 5.84 Å². The molecule has 1 unspecified atom stereocenters. The van der Waals surface area contributed by atoms with Crippen molar-refractivity contribution in [1.29, 1.82) is 0 Å². The van der Waals surface area contributed by atoms with Crippen molar-refractivity contribution in [2.45, 2.75) is 6.17 Å². The van der Waals surface area contributed by atoms with Gasteiger partial charge in [0.25, 0.3) is 0 Å². The number of aliphatic imine (C=N–C) groups is 2. The Balaban J connectivity index is 0.992. The first-order valence-electron chi connectivity index (χ1n) is 19.2. The molecule has 3 aromatic heterocycles. The normalized spacial score (nSPS) is 14.5. The molecule has 1 aliphatic rings. The second kappa shape index (κ2) is 12.4. The fraction of sp³-hybridized carbons (Fsp3) is 0.0196. The van der Waals surface area contributed by atoms with E-state index in [-0.39, 0.29) is 0 Å². The average Bonchev–Trinajstić information content (AvgIpc) is 3.96. The SMILES string of the molecule is c1ccc(C2=NC(c3cccc4oc5ccc(-c6ccc7oc8c(-n9c%10ccccc%10c%10ccccc%109)cccc8c7c6)cc5c34)NC(c3ccccc3)=N2)cc1. The van der Waals surface area contributed by atoms with Crippen molar-refractivity contribution in [3.8, 4) is 16.8 Å². The van der Waals surface area contributed by atoms with Crippen LogP contribution in [-0.2, 0) is 0 Å². The Labute approximate surface area is 326 Å². The zero-order valence-corrected chi connectivity index (χ0v) is 30.6. The van der Waals surface area contributed by atoms with Gasteiger partial charge in [-0.05, 0) is 59.7 Å². The second-order valence-corrected chi connectivity index (χ2v) is 14.6. The number of nitrogens with one attached hydrogen (secondary N) is 1.